The van der Waals surface area contributed by atoms with Gasteiger partial charge in [-0.2, -0.15) is 0 Å². The average molecular weight is 280 g/mol. The van der Waals surface area contributed by atoms with Crippen LogP contribution in [0.5, 0.6) is 0 Å². The van der Waals surface area contributed by atoms with E-state index in [0.717, 1.165) is 45.2 Å². The van der Waals surface area contributed by atoms with E-state index in [1.54, 1.807) is 6.26 Å². The minimum Gasteiger partial charge on any atom is -0.468 e. The molecule has 0 bridgehead atoms. The Balaban J connectivity index is 1.57. The van der Waals surface area contributed by atoms with Crippen LogP contribution in [0.2, 0.25) is 0 Å². The SMILES string of the molecule is CN(C)CCO[C@H]1CN(Cc2ccco2)[C@@H]2COC[C@H]12. The second-order valence-electron chi connectivity index (χ2n) is 5.99. The number of hydrogen-bond acceptors (Lipinski definition) is 5. The number of likely N-dealkylation sites (N-methyl/N-ethyl adjacent to an activating group) is 1. The van der Waals surface area contributed by atoms with E-state index in [-0.39, 0.29) is 6.10 Å². The molecule has 1 aromatic heterocycles. The molecule has 3 atom stereocenters. The molecule has 0 spiro atoms. The van der Waals surface area contributed by atoms with Gasteiger partial charge in [-0.05, 0) is 26.2 Å². The second kappa shape index (κ2) is 6.26. The van der Waals surface area contributed by atoms with Crippen LogP contribution in [0.3, 0.4) is 0 Å². The van der Waals surface area contributed by atoms with E-state index in [9.17, 15) is 0 Å². The Labute approximate surface area is 120 Å². The van der Waals surface area contributed by atoms with Crippen molar-refractivity contribution >= 4 is 0 Å². The van der Waals surface area contributed by atoms with Gasteiger partial charge in [-0.3, -0.25) is 4.90 Å². The largest absolute Gasteiger partial charge is 0.468 e. The molecule has 2 aliphatic rings. The van der Waals surface area contributed by atoms with E-state index in [2.05, 4.69) is 23.9 Å². The average Bonchev–Trinajstić information content (AvgIpc) is 3.10. The molecule has 2 saturated heterocycles. The topological polar surface area (TPSA) is 38.1 Å². The molecule has 0 aliphatic carbocycles. The Hall–Kier alpha value is -0.880. The van der Waals surface area contributed by atoms with Gasteiger partial charge < -0.3 is 18.8 Å². The molecule has 1 aromatic rings. The van der Waals surface area contributed by atoms with Gasteiger partial charge in [-0.1, -0.05) is 0 Å². The lowest BCUT2D eigenvalue weighted by Crippen LogP contribution is -2.32. The summed E-state index contributed by atoms with van der Waals surface area (Å²) < 4.78 is 17.2. The van der Waals surface area contributed by atoms with E-state index in [4.69, 9.17) is 13.9 Å². The van der Waals surface area contributed by atoms with Crippen LogP contribution in [0.4, 0.5) is 0 Å². The monoisotopic (exact) mass is 280 g/mol. The summed E-state index contributed by atoms with van der Waals surface area (Å²) in [5.74, 6) is 1.52. The first-order chi connectivity index (χ1) is 9.74. The van der Waals surface area contributed by atoms with Gasteiger partial charge in [0, 0.05) is 25.0 Å². The van der Waals surface area contributed by atoms with Gasteiger partial charge in [0.2, 0.25) is 0 Å². The molecule has 3 rings (SSSR count). The van der Waals surface area contributed by atoms with E-state index < -0.39 is 0 Å². The van der Waals surface area contributed by atoms with Crippen LogP contribution in [0.15, 0.2) is 22.8 Å². The summed E-state index contributed by atoms with van der Waals surface area (Å²) in [5.41, 5.74) is 0. The van der Waals surface area contributed by atoms with E-state index in [0.29, 0.717) is 12.0 Å². The fourth-order valence-corrected chi connectivity index (χ4v) is 3.14. The summed E-state index contributed by atoms with van der Waals surface area (Å²) in [6.07, 6.45) is 2.02. The Bertz CT molecular complexity index is 407. The fraction of sp³-hybridized carbons (Fsp3) is 0.733. The number of furan rings is 1. The predicted molar refractivity (Wildman–Crippen MR) is 75.5 cm³/mol. The highest BCUT2D eigenvalue weighted by molar-refractivity contribution is 5.03. The van der Waals surface area contributed by atoms with Gasteiger partial charge in [0.05, 0.1) is 38.7 Å². The third kappa shape index (κ3) is 3.06. The molecule has 2 aliphatic heterocycles. The standard InChI is InChI=1S/C15H24N2O3/c1-16(2)5-7-20-15-9-17(8-12-4-3-6-19-12)14-11-18-10-13(14)15/h3-4,6,13-15H,5,7-11H2,1-2H3/t13-,14+,15-/m0/s1. The number of nitrogens with zero attached hydrogens (tertiary/aromatic N) is 2. The fourth-order valence-electron chi connectivity index (χ4n) is 3.14. The lowest BCUT2D eigenvalue weighted by Gasteiger charge is -2.20. The smallest absolute Gasteiger partial charge is 0.117 e. The molecule has 0 unspecified atom stereocenters. The van der Waals surface area contributed by atoms with Crippen molar-refractivity contribution in [1.82, 2.24) is 9.80 Å². The number of hydrogen-bond donors (Lipinski definition) is 0. The first-order valence-electron chi connectivity index (χ1n) is 7.34. The molecular weight excluding hydrogens is 256 g/mol. The molecule has 2 fully saturated rings. The van der Waals surface area contributed by atoms with E-state index in [1.165, 1.54) is 0 Å². The van der Waals surface area contributed by atoms with Crippen LogP contribution in [-0.2, 0) is 16.0 Å². The summed E-state index contributed by atoms with van der Waals surface area (Å²) in [5, 5.41) is 0. The number of rotatable bonds is 6. The Morgan fingerprint density at radius 3 is 3.05 bits per heavy atom. The van der Waals surface area contributed by atoms with Crippen molar-refractivity contribution in [1.29, 1.82) is 0 Å². The number of fused-ring (bicyclic) bond motifs is 1. The van der Waals surface area contributed by atoms with Gasteiger partial charge in [0.15, 0.2) is 0 Å². The Morgan fingerprint density at radius 1 is 1.40 bits per heavy atom. The van der Waals surface area contributed by atoms with Crippen LogP contribution < -0.4 is 0 Å². The van der Waals surface area contributed by atoms with Gasteiger partial charge in [0.1, 0.15) is 5.76 Å². The maximum Gasteiger partial charge on any atom is 0.117 e. The molecule has 0 aromatic carbocycles. The molecule has 20 heavy (non-hydrogen) atoms. The molecular formula is C15H24N2O3. The number of ether oxygens (including phenoxy) is 2. The maximum absolute atomic E-state index is 6.08. The normalized spacial score (nSPS) is 30.2. The summed E-state index contributed by atoms with van der Waals surface area (Å²) in [6.45, 7) is 5.23. The van der Waals surface area contributed by atoms with E-state index in [1.807, 2.05) is 12.1 Å². The Kier molecular flexibility index (Phi) is 4.41. The third-order valence-electron chi connectivity index (χ3n) is 4.26. The highest BCUT2D eigenvalue weighted by atomic mass is 16.5. The van der Waals surface area contributed by atoms with Gasteiger partial charge in [0.25, 0.3) is 0 Å². The van der Waals surface area contributed by atoms with Gasteiger partial charge in [-0.25, -0.2) is 0 Å². The van der Waals surface area contributed by atoms with Gasteiger partial charge in [-0.15, -0.1) is 0 Å². The van der Waals surface area contributed by atoms with Crippen molar-refractivity contribution in [2.24, 2.45) is 5.92 Å². The Morgan fingerprint density at radius 2 is 2.30 bits per heavy atom. The summed E-state index contributed by atoms with van der Waals surface area (Å²) in [7, 11) is 4.14. The molecule has 0 saturated carbocycles. The summed E-state index contributed by atoms with van der Waals surface area (Å²) in [6, 6.07) is 4.45. The lowest BCUT2D eigenvalue weighted by atomic mass is 10.0. The van der Waals surface area contributed by atoms with Gasteiger partial charge >= 0.3 is 0 Å². The molecule has 3 heterocycles. The van der Waals surface area contributed by atoms with Crippen molar-refractivity contribution < 1.29 is 13.9 Å². The van der Waals surface area contributed by atoms with Crippen LogP contribution >= 0.6 is 0 Å². The molecule has 0 amide bonds. The van der Waals surface area contributed by atoms with Crippen molar-refractivity contribution in [3.8, 4) is 0 Å². The first kappa shape index (κ1) is 14.1. The van der Waals surface area contributed by atoms with Crippen molar-refractivity contribution in [3.63, 3.8) is 0 Å². The maximum atomic E-state index is 6.08. The van der Waals surface area contributed by atoms with Crippen LogP contribution in [0, 0.1) is 5.92 Å². The first-order valence-corrected chi connectivity index (χ1v) is 7.34. The lowest BCUT2D eigenvalue weighted by molar-refractivity contribution is 0.0129. The zero-order valence-corrected chi connectivity index (χ0v) is 12.3. The van der Waals surface area contributed by atoms with Crippen LogP contribution in [-0.4, -0.2) is 69.0 Å². The van der Waals surface area contributed by atoms with Crippen molar-refractivity contribution in [2.45, 2.75) is 18.7 Å². The van der Waals surface area contributed by atoms with Crippen molar-refractivity contribution in [2.75, 3.05) is 47.0 Å². The molecule has 0 radical (unpaired) electrons. The van der Waals surface area contributed by atoms with Crippen LogP contribution in [0.25, 0.3) is 0 Å². The molecule has 5 nitrogen and oxygen atoms in total. The predicted octanol–water partition coefficient (Wildman–Crippen LogP) is 1.06. The minimum atomic E-state index is 0.289. The molecule has 0 N–H and O–H groups in total. The minimum absolute atomic E-state index is 0.289. The quantitative estimate of drug-likeness (QED) is 0.779. The highest BCUT2D eigenvalue weighted by Gasteiger charge is 2.45. The van der Waals surface area contributed by atoms with Crippen LogP contribution in [0.1, 0.15) is 5.76 Å². The highest BCUT2D eigenvalue weighted by Crippen LogP contribution is 2.33. The zero-order chi connectivity index (χ0) is 13.9. The van der Waals surface area contributed by atoms with E-state index >= 15 is 0 Å². The summed E-state index contributed by atoms with van der Waals surface area (Å²) in [4.78, 5) is 4.59. The summed E-state index contributed by atoms with van der Waals surface area (Å²) >= 11 is 0. The zero-order valence-electron chi connectivity index (χ0n) is 12.3. The number of likely N-dealkylation sites (tertiary alicyclic amines) is 1. The molecule has 5 heteroatoms. The molecule has 112 valence electrons. The second-order valence-corrected chi connectivity index (χ2v) is 5.99. The van der Waals surface area contributed by atoms with Crippen molar-refractivity contribution in [3.05, 3.63) is 24.2 Å². The third-order valence-corrected chi connectivity index (χ3v) is 4.26.